The Labute approximate surface area is 108 Å². The predicted octanol–water partition coefficient (Wildman–Crippen LogP) is 1.37. The molecule has 0 aliphatic carbocycles. The van der Waals surface area contributed by atoms with Crippen LogP contribution in [0.1, 0.15) is 6.42 Å². The van der Waals surface area contributed by atoms with E-state index in [4.69, 9.17) is 10.5 Å². The third kappa shape index (κ3) is 1.83. The highest BCUT2D eigenvalue weighted by molar-refractivity contribution is 7.22. The lowest BCUT2D eigenvalue weighted by Crippen LogP contribution is -2.27. The van der Waals surface area contributed by atoms with Crippen LogP contribution < -0.4 is 15.4 Å². The molecule has 1 fully saturated rings. The number of rotatable bonds is 2. The van der Waals surface area contributed by atoms with Gasteiger partial charge in [0.25, 0.3) is 0 Å². The second-order valence-corrected chi connectivity index (χ2v) is 5.31. The van der Waals surface area contributed by atoms with Crippen molar-refractivity contribution in [3.05, 3.63) is 18.2 Å². The fraction of sp³-hybridized carbons (Fsp3) is 0.333. The number of hydrogen-bond acceptors (Lipinski definition) is 5. The number of carbonyl (C=O) groups is 1. The van der Waals surface area contributed by atoms with E-state index in [1.165, 1.54) is 11.3 Å². The van der Waals surface area contributed by atoms with Gasteiger partial charge in [-0.05, 0) is 18.2 Å². The minimum atomic E-state index is -0.0842. The van der Waals surface area contributed by atoms with E-state index in [1.807, 2.05) is 18.2 Å². The highest BCUT2D eigenvalue weighted by atomic mass is 32.1. The van der Waals surface area contributed by atoms with E-state index < -0.39 is 0 Å². The predicted molar refractivity (Wildman–Crippen MR) is 71.1 cm³/mol. The molecule has 0 radical (unpaired) electrons. The largest absolute Gasteiger partial charge is 0.497 e. The molecule has 1 aliphatic heterocycles. The summed E-state index contributed by atoms with van der Waals surface area (Å²) >= 11 is 1.49. The molecule has 18 heavy (non-hydrogen) atoms. The molecule has 0 spiro atoms. The fourth-order valence-corrected chi connectivity index (χ4v) is 3.08. The van der Waals surface area contributed by atoms with Gasteiger partial charge in [0.2, 0.25) is 5.91 Å². The topological polar surface area (TPSA) is 68.4 Å². The quantitative estimate of drug-likeness (QED) is 0.888. The van der Waals surface area contributed by atoms with Gasteiger partial charge in [-0.15, -0.1) is 0 Å². The number of benzene rings is 1. The summed E-state index contributed by atoms with van der Waals surface area (Å²) in [4.78, 5) is 17.9. The maximum absolute atomic E-state index is 11.8. The molecule has 2 heterocycles. The van der Waals surface area contributed by atoms with Crippen LogP contribution in [0.25, 0.3) is 10.2 Å². The van der Waals surface area contributed by atoms with Crippen molar-refractivity contribution in [1.29, 1.82) is 0 Å². The van der Waals surface area contributed by atoms with E-state index in [2.05, 4.69) is 4.98 Å². The van der Waals surface area contributed by atoms with E-state index in [1.54, 1.807) is 12.0 Å². The number of aromatic nitrogens is 1. The van der Waals surface area contributed by atoms with Gasteiger partial charge in [0.1, 0.15) is 5.75 Å². The molecule has 6 heteroatoms. The molecule has 2 aromatic rings. The SMILES string of the molecule is COc1ccc2nc(N3CC(N)CC3=O)sc2c1. The Bertz CT molecular complexity index is 610. The first-order chi connectivity index (χ1) is 8.67. The molecule has 1 atom stereocenters. The van der Waals surface area contributed by atoms with E-state index in [0.717, 1.165) is 21.1 Å². The van der Waals surface area contributed by atoms with Crippen molar-refractivity contribution in [1.82, 2.24) is 4.98 Å². The normalized spacial score (nSPS) is 19.8. The van der Waals surface area contributed by atoms with Crippen LogP contribution in [0.5, 0.6) is 5.75 Å². The van der Waals surface area contributed by atoms with E-state index in [-0.39, 0.29) is 11.9 Å². The van der Waals surface area contributed by atoms with Crippen LogP contribution in [-0.2, 0) is 4.79 Å². The minimum absolute atomic E-state index is 0.0496. The number of hydrogen-bond donors (Lipinski definition) is 1. The van der Waals surface area contributed by atoms with Crippen LogP contribution in [0.3, 0.4) is 0 Å². The molecule has 0 saturated carbocycles. The molecule has 94 valence electrons. The van der Waals surface area contributed by atoms with Gasteiger partial charge in [0, 0.05) is 19.0 Å². The third-order valence-corrected chi connectivity index (χ3v) is 4.01. The first-order valence-electron chi connectivity index (χ1n) is 5.68. The van der Waals surface area contributed by atoms with Gasteiger partial charge < -0.3 is 10.5 Å². The van der Waals surface area contributed by atoms with Gasteiger partial charge in [-0.3, -0.25) is 9.69 Å². The number of carbonyl (C=O) groups excluding carboxylic acids is 1. The molecule has 5 nitrogen and oxygen atoms in total. The standard InChI is InChI=1S/C12H13N3O2S/c1-17-8-2-3-9-10(5-8)18-12(14-9)15-6-7(13)4-11(15)16/h2-3,5,7H,4,6,13H2,1H3. The second kappa shape index (κ2) is 4.22. The molecule has 1 amide bonds. The Kier molecular flexibility index (Phi) is 2.68. The van der Waals surface area contributed by atoms with Crippen LogP contribution in [0, 0.1) is 0 Å². The lowest BCUT2D eigenvalue weighted by Gasteiger charge is -2.10. The molecule has 1 aromatic heterocycles. The Morgan fingerprint density at radius 1 is 1.56 bits per heavy atom. The number of methoxy groups -OCH3 is 1. The number of ether oxygens (including phenoxy) is 1. The zero-order chi connectivity index (χ0) is 12.7. The molecule has 3 rings (SSSR count). The van der Waals surface area contributed by atoms with Crippen molar-refractivity contribution in [2.45, 2.75) is 12.5 Å². The van der Waals surface area contributed by atoms with Gasteiger partial charge in [0.15, 0.2) is 5.13 Å². The summed E-state index contributed by atoms with van der Waals surface area (Å²) in [7, 11) is 1.63. The van der Waals surface area contributed by atoms with Crippen LogP contribution in [-0.4, -0.2) is 30.6 Å². The first-order valence-corrected chi connectivity index (χ1v) is 6.49. The van der Waals surface area contributed by atoms with Gasteiger partial charge in [-0.1, -0.05) is 11.3 Å². The molecule has 1 saturated heterocycles. The summed E-state index contributed by atoms with van der Waals surface area (Å²) in [6.07, 6.45) is 0.402. The molecular formula is C12H13N3O2S. The Balaban J connectivity index is 2.00. The zero-order valence-electron chi connectivity index (χ0n) is 9.92. The molecule has 2 N–H and O–H groups in total. The van der Waals surface area contributed by atoms with E-state index >= 15 is 0 Å². The number of anilines is 1. The Morgan fingerprint density at radius 3 is 3.06 bits per heavy atom. The average molecular weight is 263 g/mol. The van der Waals surface area contributed by atoms with Crippen molar-refractivity contribution >= 4 is 32.6 Å². The Hall–Kier alpha value is -1.66. The number of fused-ring (bicyclic) bond motifs is 1. The van der Waals surface area contributed by atoms with Crippen LogP contribution in [0.2, 0.25) is 0 Å². The summed E-state index contributed by atoms with van der Waals surface area (Å²) in [5.74, 6) is 0.843. The molecule has 1 aliphatic rings. The lowest BCUT2D eigenvalue weighted by atomic mass is 10.3. The number of nitrogens with two attached hydrogens (primary N) is 1. The number of amides is 1. The maximum atomic E-state index is 11.8. The summed E-state index contributed by atoms with van der Waals surface area (Å²) in [5.41, 5.74) is 6.67. The van der Waals surface area contributed by atoms with Crippen molar-refractivity contribution in [3.8, 4) is 5.75 Å². The number of nitrogens with zero attached hydrogens (tertiary/aromatic N) is 2. The van der Waals surface area contributed by atoms with Gasteiger partial charge in [-0.2, -0.15) is 0 Å². The highest BCUT2D eigenvalue weighted by Gasteiger charge is 2.30. The minimum Gasteiger partial charge on any atom is -0.497 e. The first kappa shape index (κ1) is 11.4. The Morgan fingerprint density at radius 2 is 2.39 bits per heavy atom. The van der Waals surface area contributed by atoms with Crippen molar-refractivity contribution in [2.75, 3.05) is 18.6 Å². The summed E-state index contributed by atoms with van der Waals surface area (Å²) in [6, 6.07) is 5.61. The number of thiazole rings is 1. The zero-order valence-corrected chi connectivity index (χ0v) is 10.7. The summed E-state index contributed by atoms with van der Waals surface area (Å²) < 4.78 is 6.19. The van der Waals surface area contributed by atoms with E-state index in [9.17, 15) is 4.79 Å². The van der Waals surface area contributed by atoms with Gasteiger partial charge in [-0.25, -0.2) is 4.98 Å². The molecule has 0 bridgehead atoms. The molecular weight excluding hydrogens is 250 g/mol. The highest BCUT2D eigenvalue weighted by Crippen LogP contribution is 2.33. The van der Waals surface area contributed by atoms with Crippen LogP contribution in [0.15, 0.2) is 18.2 Å². The molecule has 1 aromatic carbocycles. The van der Waals surface area contributed by atoms with Crippen LogP contribution in [0.4, 0.5) is 5.13 Å². The average Bonchev–Trinajstić information content (AvgIpc) is 2.90. The smallest absolute Gasteiger partial charge is 0.230 e. The van der Waals surface area contributed by atoms with E-state index in [0.29, 0.717) is 13.0 Å². The van der Waals surface area contributed by atoms with Crippen molar-refractivity contribution in [3.63, 3.8) is 0 Å². The monoisotopic (exact) mass is 263 g/mol. The third-order valence-electron chi connectivity index (χ3n) is 2.97. The van der Waals surface area contributed by atoms with Crippen molar-refractivity contribution in [2.24, 2.45) is 5.73 Å². The van der Waals surface area contributed by atoms with Gasteiger partial charge in [0.05, 0.1) is 17.3 Å². The summed E-state index contributed by atoms with van der Waals surface area (Å²) in [6.45, 7) is 0.551. The molecule has 1 unspecified atom stereocenters. The maximum Gasteiger partial charge on any atom is 0.230 e. The fourth-order valence-electron chi connectivity index (χ4n) is 2.06. The van der Waals surface area contributed by atoms with Gasteiger partial charge >= 0.3 is 0 Å². The lowest BCUT2D eigenvalue weighted by molar-refractivity contribution is -0.117. The van der Waals surface area contributed by atoms with Crippen molar-refractivity contribution < 1.29 is 9.53 Å². The van der Waals surface area contributed by atoms with Crippen LogP contribution >= 0.6 is 11.3 Å². The summed E-state index contributed by atoms with van der Waals surface area (Å²) in [5, 5.41) is 0.719. The second-order valence-electron chi connectivity index (χ2n) is 4.30.